The van der Waals surface area contributed by atoms with Crippen molar-refractivity contribution in [1.29, 1.82) is 0 Å². The van der Waals surface area contributed by atoms with Crippen LogP contribution in [0.5, 0.6) is 0 Å². The second-order valence-electron chi connectivity index (χ2n) is 3.27. The van der Waals surface area contributed by atoms with Crippen molar-refractivity contribution in [3.05, 3.63) is 12.7 Å². The third kappa shape index (κ3) is 3.06. The SMILES string of the molecule is C=CC(CN)(CCC)CCC. The highest BCUT2D eigenvalue weighted by Crippen LogP contribution is 2.29. The van der Waals surface area contributed by atoms with Crippen LogP contribution in [-0.2, 0) is 0 Å². The summed E-state index contributed by atoms with van der Waals surface area (Å²) in [4.78, 5) is 0. The molecule has 0 radical (unpaired) electrons. The molecule has 0 bridgehead atoms. The lowest BCUT2D eigenvalue weighted by Gasteiger charge is -2.27. The summed E-state index contributed by atoms with van der Waals surface area (Å²) >= 11 is 0. The Morgan fingerprint density at radius 2 is 1.73 bits per heavy atom. The molecule has 1 nitrogen and oxygen atoms in total. The number of rotatable bonds is 6. The Morgan fingerprint density at radius 1 is 1.27 bits per heavy atom. The van der Waals surface area contributed by atoms with Gasteiger partial charge in [-0.15, -0.1) is 6.58 Å². The maximum atomic E-state index is 5.72. The Labute approximate surface area is 70.7 Å². The van der Waals surface area contributed by atoms with Crippen LogP contribution >= 0.6 is 0 Å². The summed E-state index contributed by atoms with van der Waals surface area (Å²) in [5.74, 6) is 0. The zero-order valence-electron chi connectivity index (χ0n) is 7.90. The first-order valence-electron chi connectivity index (χ1n) is 4.58. The smallest absolute Gasteiger partial charge is 0.00141 e. The molecule has 0 aliphatic heterocycles. The van der Waals surface area contributed by atoms with Crippen LogP contribution < -0.4 is 5.73 Å². The van der Waals surface area contributed by atoms with Gasteiger partial charge < -0.3 is 5.73 Å². The van der Waals surface area contributed by atoms with Crippen molar-refractivity contribution in [2.45, 2.75) is 39.5 Å². The summed E-state index contributed by atoms with van der Waals surface area (Å²) in [7, 11) is 0. The third-order valence-corrected chi connectivity index (χ3v) is 2.34. The largest absolute Gasteiger partial charge is 0.330 e. The van der Waals surface area contributed by atoms with E-state index in [1.54, 1.807) is 0 Å². The topological polar surface area (TPSA) is 26.0 Å². The Morgan fingerprint density at radius 3 is 1.91 bits per heavy atom. The van der Waals surface area contributed by atoms with E-state index in [0.29, 0.717) is 0 Å². The average molecular weight is 155 g/mol. The predicted molar refractivity (Wildman–Crippen MR) is 51.5 cm³/mol. The second kappa shape index (κ2) is 5.36. The quantitative estimate of drug-likeness (QED) is 0.586. The van der Waals surface area contributed by atoms with Gasteiger partial charge in [-0.3, -0.25) is 0 Å². The molecule has 0 unspecified atom stereocenters. The van der Waals surface area contributed by atoms with Crippen LogP contribution in [0.2, 0.25) is 0 Å². The zero-order chi connectivity index (χ0) is 8.74. The highest BCUT2D eigenvalue weighted by atomic mass is 14.6. The first kappa shape index (κ1) is 10.7. The van der Waals surface area contributed by atoms with E-state index in [-0.39, 0.29) is 5.41 Å². The van der Waals surface area contributed by atoms with Gasteiger partial charge in [0.25, 0.3) is 0 Å². The maximum Gasteiger partial charge on any atom is 0.00141 e. The number of hydrogen-bond acceptors (Lipinski definition) is 1. The molecule has 0 saturated carbocycles. The van der Waals surface area contributed by atoms with Crippen LogP contribution in [0.25, 0.3) is 0 Å². The monoisotopic (exact) mass is 155 g/mol. The van der Waals surface area contributed by atoms with Gasteiger partial charge in [-0.05, 0) is 12.8 Å². The summed E-state index contributed by atoms with van der Waals surface area (Å²) in [6.07, 6.45) is 6.80. The van der Waals surface area contributed by atoms with Crippen molar-refractivity contribution in [3.63, 3.8) is 0 Å². The molecule has 0 aromatic carbocycles. The van der Waals surface area contributed by atoms with Gasteiger partial charge in [0, 0.05) is 12.0 Å². The first-order valence-corrected chi connectivity index (χ1v) is 4.58. The van der Waals surface area contributed by atoms with Crippen molar-refractivity contribution >= 4 is 0 Å². The molecule has 0 amide bonds. The van der Waals surface area contributed by atoms with Crippen LogP contribution in [-0.4, -0.2) is 6.54 Å². The normalized spacial score (nSPS) is 11.5. The van der Waals surface area contributed by atoms with Gasteiger partial charge in [0.2, 0.25) is 0 Å². The van der Waals surface area contributed by atoms with Gasteiger partial charge in [-0.25, -0.2) is 0 Å². The molecule has 0 aliphatic carbocycles. The van der Waals surface area contributed by atoms with Crippen molar-refractivity contribution in [2.24, 2.45) is 11.1 Å². The third-order valence-electron chi connectivity index (χ3n) is 2.34. The van der Waals surface area contributed by atoms with Crippen molar-refractivity contribution < 1.29 is 0 Å². The zero-order valence-corrected chi connectivity index (χ0v) is 7.90. The fourth-order valence-corrected chi connectivity index (χ4v) is 1.61. The average Bonchev–Trinajstić information content (AvgIpc) is 2.04. The van der Waals surface area contributed by atoms with E-state index in [4.69, 9.17) is 5.73 Å². The van der Waals surface area contributed by atoms with Gasteiger partial charge in [-0.2, -0.15) is 0 Å². The lowest BCUT2D eigenvalue weighted by atomic mass is 9.79. The molecule has 0 rings (SSSR count). The summed E-state index contributed by atoms with van der Waals surface area (Å²) in [5, 5.41) is 0. The Bertz CT molecular complexity index is 101. The molecule has 0 aromatic heterocycles. The molecular formula is C10H21N. The molecule has 0 aromatic rings. The number of nitrogens with two attached hydrogens (primary N) is 1. The van der Waals surface area contributed by atoms with E-state index in [9.17, 15) is 0 Å². The molecule has 0 saturated heterocycles. The Kier molecular flexibility index (Phi) is 5.22. The maximum absolute atomic E-state index is 5.72. The molecule has 66 valence electrons. The highest BCUT2D eigenvalue weighted by molar-refractivity contribution is 4.95. The lowest BCUT2D eigenvalue weighted by Crippen LogP contribution is -2.27. The van der Waals surface area contributed by atoms with E-state index < -0.39 is 0 Å². The van der Waals surface area contributed by atoms with E-state index in [1.807, 2.05) is 6.08 Å². The van der Waals surface area contributed by atoms with Gasteiger partial charge in [-0.1, -0.05) is 32.8 Å². The summed E-state index contributed by atoms with van der Waals surface area (Å²) < 4.78 is 0. The Balaban J connectivity index is 4.07. The van der Waals surface area contributed by atoms with Crippen molar-refractivity contribution in [3.8, 4) is 0 Å². The summed E-state index contributed by atoms with van der Waals surface area (Å²) in [6, 6.07) is 0. The molecule has 0 fully saturated rings. The minimum absolute atomic E-state index is 0.226. The van der Waals surface area contributed by atoms with Crippen LogP contribution in [0.15, 0.2) is 12.7 Å². The summed E-state index contributed by atoms with van der Waals surface area (Å²) in [6.45, 7) is 9.01. The van der Waals surface area contributed by atoms with Crippen LogP contribution in [0.3, 0.4) is 0 Å². The molecule has 0 spiro atoms. The van der Waals surface area contributed by atoms with Crippen molar-refractivity contribution in [2.75, 3.05) is 6.54 Å². The summed E-state index contributed by atoms with van der Waals surface area (Å²) in [5.41, 5.74) is 5.94. The van der Waals surface area contributed by atoms with Crippen LogP contribution in [0.4, 0.5) is 0 Å². The van der Waals surface area contributed by atoms with E-state index >= 15 is 0 Å². The predicted octanol–water partition coefficient (Wildman–Crippen LogP) is 2.72. The fraction of sp³-hybridized carbons (Fsp3) is 0.800. The first-order chi connectivity index (χ1) is 5.24. The minimum Gasteiger partial charge on any atom is -0.330 e. The Hall–Kier alpha value is -0.300. The molecule has 0 aliphatic rings. The van der Waals surface area contributed by atoms with Gasteiger partial charge >= 0.3 is 0 Å². The molecule has 11 heavy (non-hydrogen) atoms. The molecule has 2 N–H and O–H groups in total. The molecular weight excluding hydrogens is 134 g/mol. The van der Waals surface area contributed by atoms with Gasteiger partial charge in [0.15, 0.2) is 0 Å². The fourth-order valence-electron chi connectivity index (χ4n) is 1.61. The minimum atomic E-state index is 0.226. The van der Waals surface area contributed by atoms with Crippen LogP contribution in [0, 0.1) is 5.41 Å². The van der Waals surface area contributed by atoms with Crippen molar-refractivity contribution in [1.82, 2.24) is 0 Å². The van der Waals surface area contributed by atoms with E-state index in [1.165, 1.54) is 25.7 Å². The number of hydrogen-bond donors (Lipinski definition) is 1. The van der Waals surface area contributed by atoms with E-state index in [0.717, 1.165) is 6.54 Å². The molecule has 0 atom stereocenters. The van der Waals surface area contributed by atoms with Gasteiger partial charge in [0.05, 0.1) is 0 Å². The highest BCUT2D eigenvalue weighted by Gasteiger charge is 2.21. The van der Waals surface area contributed by atoms with Gasteiger partial charge in [0.1, 0.15) is 0 Å². The molecule has 1 heteroatoms. The van der Waals surface area contributed by atoms with E-state index in [2.05, 4.69) is 20.4 Å². The second-order valence-corrected chi connectivity index (χ2v) is 3.27. The van der Waals surface area contributed by atoms with Crippen LogP contribution in [0.1, 0.15) is 39.5 Å². The lowest BCUT2D eigenvalue weighted by molar-refractivity contribution is 0.327. The standard InChI is InChI=1S/C10H21N/c1-4-7-10(6-3,9-11)8-5-2/h6H,3-5,7-9,11H2,1-2H3. The molecule has 0 heterocycles.